The first-order chi connectivity index (χ1) is 9.99. The summed E-state index contributed by atoms with van der Waals surface area (Å²) in [5.41, 5.74) is 3.05. The van der Waals surface area contributed by atoms with E-state index in [1.807, 2.05) is 25.1 Å². The molecule has 0 amide bonds. The molecule has 0 aromatic heterocycles. The van der Waals surface area contributed by atoms with Gasteiger partial charge in [-0.2, -0.15) is 0 Å². The number of benzene rings is 1. The number of carbonyl (C=O) groups excluding carboxylic acids is 1. The number of rotatable bonds is 6. The number of aryl methyl sites for hydroxylation is 1. The fourth-order valence-corrected chi connectivity index (χ4v) is 2.91. The molecule has 114 valence electrons. The van der Waals surface area contributed by atoms with Crippen molar-refractivity contribution in [2.75, 3.05) is 19.0 Å². The van der Waals surface area contributed by atoms with Crippen LogP contribution in [0.2, 0.25) is 0 Å². The van der Waals surface area contributed by atoms with E-state index in [9.17, 15) is 9.59 Å². The second-order valence-electron chi connectivity index (χ2n) is 5.98. The van der Waals surface area contributed by atoms with Crippen LogP contribution in [0.5, 0.6) is 0 Å². The molecule has 1 aromatic carbocycles. The van der Waals surface area contributed by atoms with E-state index >= 15 is 0 Å². The van der Waals surface area contributed by atoms with Gasteiger partial charge in [0, 0.05) is 37.7 Å². The summed E-state index contributed by atoms with van der Waals surface area (Å²) in [6, 6.07) is 6.10. The van der Waals surface area contributed by atoms with E-state index in [0.717, 1.165) is 42.5 Å². The highest BCUT2D eigenvalue weighted by Crippen LogP contribution is 2.31. The number of nitrogens with zero attached hydrogens (tertiary/aromatic N) is 1. The molecule has 1 aliphatic carbocycles. The number of Topliss-reactive ketones (excluding diaryl/α,β-unsaturated/α-hetero) is 1. The molecule has 1 aromatic rings. The summed E-state index contributed by atoms with van der Waals surface area (Å²) < 4.78 is 0. The number of unbranched alkanes of at least 4 members (excludes halogenated alkanes) is 1. The standard InChI is InChI=1S/C17H23NO3/c1-18(2)14-10-9-12-7-8-13(17(21)15(12)11-14)5-3-4-6-16(19)20/h9-11,13H,3-8H2,1-2H3,(H,19,20). The topological polar surface area (TPSA) is 57.6 Å². The van der Waals surface area contributed by atoms with Crippen LogP contribution in [0.25, 0.3) is 0 Å². The van der Waals surface area contributed by atoms with Crippen molar-refractivity contribution in [2.24, 2.45) is 5.92 Å². The molecule has 0 radical (unpaired) electrons. The molecule has 1 N–H and O–H groups in total. The molecule has 1 unspecified atom stereocenters. The first kappa shape index (κ1) is 15.5. The van der Waals surface area contributed by atoms with Gasteiger partial charge in [0.15, 0.2) is 5.78 Å². The van der Waals surface area contributed by atoms with Crippen LogP contribution in [0.4, 0.5) is 5.69 Å². The van der Waals surface area contributed by atoms with Gasteiger partial charge in [0.25, 0.3) is 0 Å². The number of carboxylic acids is 1. The molecule has 2 rings (SSSR count). The average Bonchev–Trinajstić information content (AvgIpc) is 2.45. The third-order valence-corrected chi connectivity index (χ3v) is 4.20. The van der Waals surface area contributed by atoms with Crippen LogP contribution < -0.4 is 4.90 Å². The predicted octanol–water partition coefficient (Wildman–Crippen LogP) is 3.14. The number of carboxylic acid groups (broad SMARTS) is 1. The normalized spacial score (nSPS) is 17.4. The van der Waals surface area contributed by atoms with Crippen molar-refractivity contribution in [1.29, 1.82) is 0 Å². The highest BCUT2D eigenvalue weighted by molar-refractivity contribution is 6.01. The molecule has 0 saturated heterocycles. The van der Waals surface area contributed by atoms with Crippen molar-refractivity contribution < 1.29 is 14.7 Å². The second-order valence-corrected chi connectivity index (χ2v) is 5.98. The predicted molar refractivity (Wildman–Crippen MR) is 83.0 cm³/mol. The van der Waals surface area contributed by atoms with Gasteiger partial charge in [-0.3, -0.25) is 9.59 Å². The Balaban J connectivity index is 2.01. The number of ketones is 1. The summed E-state index contributed by atoms with van der Waals surface area (Å²) >= 11 is 0. The minimum Gasteiger partial charge on any atom is -0.481 e. The molecule has 1 aliphatic rings. The van der Waals surface area contributed by atoms with Gasteiger partial charge in [-0.25, -0.2) is 0 Å². The minimum absolute atomic E-state index is 0.0590. The van der Waals surface area contributed by atoms with Gasteiger partial charge >= 0.3 is 5.97 Å². The maximum Gasteiger partial charge on any atom is 0.303 e. The Kier molecular flexibility index (Phi) is 4.99. The number of hydrogen-bond acceptors (Lipinski definition) is 3. The maximum atomic E-state index is 12.6. The Morgan fingerprint density at radius 1 is 1.33 bits per heavy atom. The van der Waals surface area contributed by atoms with E-state index in [2.05, 4.69) is 12.1 Å². The number of anilines is 1. The quantitative estimate of drug-likeness (QED) is 0.817. The first-order valence-corrected chi connectivity index (χ1v) is 7.55. The van der Waals surface area contributed by atoms with Crippen molar-refractivity contribution in [3.63, 3.8) is 0 Å². The Labute approximate surface area is 125 Å². The minimum atomic E-state index is -0.758. The third-order valence-electron chi connectivity index (χ3n) is 4.20. The highest BCUT2D eigenvalue weighted by atomic mass is 16.4. The highest BCUT2D eigenvalue weighted by Gasteiger charge is 2.27. The lowest BCUT2D eigenvalue weighted by molar-refractivity contribution is -0.137. The van der Waals surface area contributed by atoms with Crippen molar-refractivity contribution >= 4 is 17.4 Å². The smallest absolute Gasteiger partial charge is 0.303 e. The number of carbonyl (C=O) groups is 2. The summed E-state index contributed by atoms with van der Waals surface area (Å²) in [7, 11) is 3.94. The van der Waals surface area contributed by atoms with Gasteiger partial charge in [-0.1, -0.05) is 12.5 Å². The fraction of sp³-hybridized carbons (Fsp3) is 0.529. The Bertz CT molecular complexity index is 537. The molecule has 21 heavy (non-hydrogen) atoms. The second kappa shape index (κ2) is 6.74. The maximum absolute atomic E-state index is 12.6. The summed E-state index contributed by atoms with van der Waals surface area (Å²) in [4.78, 5) is 25.1. The SMILES string of the molecule is CN(C)c1ccc2c(c1)C(=O)C(CCCCC(=O)O)CC2. The lowest BCUT2D eigenvalue weighted by Gasteiger charge is -2.25. The van der Waals surface area contributed by atoms with Gasteiger partial charge in [0.1, 0.15) is 0 Å². The fourth-order valence-electron chi connectivity index (χ4n) is 2.91. The lowest BCUT2D eigenvalue weighted by atomic mass is 9.80. The van der Waals surface area contributed by atoms with E-state index in [1.54, 1.807) is 0 Å². The van der Waals surface area contributed by atoms with Gasteiger partial charge in [0.05, 0.1) is 0 Å². The van der Waals surface area contributed by atoms with Crippen LogP contribution in [0.3, 0.4) is 0 Å². The van der Waals surface area contributed by atoms with Crippen LogP contribution in [0, 0.1) is 5.92 Å². The molecule has 0 saturated carbocycles. The number of fused-ring (bicyclic) bond motifs is 1. The van der Waals surface area contributed by atoms with Crippen molar-refractivity contribution in [2.45, 2.75) is 38.5 Å². The number of aliphatic carboxylic acids is 1. The zero-order chi connectivity index (χ0) is 15.4. The van der Waals surface area contributed by atoms with E-state index < -0.39 is 5.97 Å². The van der Waals surface area contributed by atoms with Crippen molar-refractivity contribution in [3.8, 4) is 0 Å². The van der Waals surface area contributed by atoms with Gasteiger partial charge < -0.3 is 10.0 Å². The number of hydrogen-bond donors (Lipinski definition) is 1. The molecule has 0 fully saturated rings. The van der Waals surface area contributed by atoms with Gasteiger partial charge in [-0.05, 0) is 43.4 Å². The van der Waals surface area contributed by atoms with Crippen LogP contribution >= 0.6 is 0 Å². The van der Waals surface area contributed by atoms with E-state index in [4.69, 9.17) is 5.11 Å². The molecular formula is C17H23NO3. The van der Waals surface area contributed by atoms with Crippen LogP contribution in [0.15, 0.2) is 18.2 Å². The average molecular weight is 289 g/mol. The monoisotopic (exact) mass is 289 g/mol. The zero-order valence-corrected chi connectivity index (χ0v) is 12.8. The molecule has 0 bridgehead atoms. The summed E-state index contributed by atoms with van der Waals surface area (Å²) in [6.07, 6.45) is 4.30. The molecule has 0 aliphatic heterocycles. The molecular weight excluding hydrogens is 266 g/mol. The molecule has 4 nitrogen and oxygen atoms in total. The largest absolute Gasteiger partial charge is 0.481 e. The van der Waals surface area contributed by atoms with Crippen LogP contribution in [0.1, 0.15) is 48.0 Å². The molecule has 4 heteroatoms. The van der Waals surface area contributed by atoms with E-state index in [-0.39, 0.29) is 18.1 Å². The Hall–Kier alpha value is -1.84. The lowest BCUT2D eigenvalue weighted by Crippen LogP contribution is -2.23. The Morgan fingerprint density at radius 2 is 2.10 bits per heavy atom. The van der Waals surface area contributed by atoms with Gasteiger partial charge in [-0.15, -0.1) is 0 Å². The van der Waals surface area contributed by atoms with E-state index in [1.165, 1.54) is 0 Å². The zero-order valence-electron chi connectivity index (χ0n) is 12.8. The summed E-state index contributed by atoms with van der Waals surface area (Å²) in [5, 5.41) is 8.64. The van der Waals surface area contributed by atoms with Crippen molar-refractivity contribution in [1.82, 2.24) is 0 Å². The Morgan fingerprint density at radius 3 is 2.76 bits per heavy atom. The molecule has 1 atom stereocenters. The third kappa shape index (κ3) is 3.84. The first-order valence-electron chi connectivity index (χ1n) is 7.55. The van der Waals surface area contributed by atoms with E-state index in [0.29, 0.717) is 6.42 Å². The van der Waals surface area contributed by atoms with Gasteiger partial charge in [0.2, 0.25) is 0 Å². The molecule has 0 heterocycles. The molecule has 0 spiro atoms. The summed E-state index contributed by atoms with van der Waals surface area (Å²) in [6.45, 7) is 0. The van der Waals surface area contributed by atoms with Crippen LogP contribution in [-0.2, 0) is 11.2 Å². The van der Waals surface area contributed by atoms with Crippen molar-refractivity contribution in [3.05, 3.63) is 29.3 Å². The van der Waals surface area contributed by atoms with Crippen LogP contribution in [-0.4, -0.2) is 31.0 Å². The summed E-state index contributed by atoms with van der Waals surface area (Å²) in [5.74, 6) is -0.468.